The number of rotatable bonds is 15. The van der Waals surface area contributed by atoms with E-state index in [1.165, 1.54) is 31.4 Å². The lowest BCUT2D eigenvalue weighted by Gasteiger charge is -2.27. The fraction of sp³-hybridized carbons (Fsp3) is 0.385. The minimum absolute atomic E-state index is 0.130. The van der Waals surface area contributed by atoms with Gasteiger partial charge in [-0.2, -0.15) is 5.10 Å². The third kappa shape index (κ3) is 9.58. The molecule has 4 aromatic rings. The molecule has 1 saturated heterocycles. The number of carbonyl (C=O) groups is 4. The molecule has 0 spiro atoms. The number of allylic oxidation sites excluding steroid dienone is 1. The molecule has 1 aliphatic rings. The molecule has 3 heterocycles. The highest BCUT2D eigenvalue weighted by molar-refractivity contribution is 6.04. The Bertz CT molecular complexity index is 2180. The second-order valence-electron chi connectivity index (χ2n) is 14.2. The number of carbonyl (C=O) groups excluding carboxylic acids is 4. The number of hydrogen-bond donors (Lipinski definition) is 5. The summed E-state index contributed by atoms with van der Waals surface area (Å²) in [5.74, 6) is -0.857. The molecule has 0 saturated carbocycles. The second kappa shape index (κ2) is 17.3. The molecule has 0 aliphatic carbocycles. The number of nitrogens with two attached hydrogens (primary N) is 3. The van der Waals surface area contributed by atoms with E-state index in [2.05, 4.69) is 20.7 Å². The topological polar surface area (TPSA) is 237 Å². The highest BCUT2D eigenvalue weighted by Gasteiger charge is 2.30. The number of amides is 4. The molecular formula is C39H50N10O7. The SMILES string of the molecule is CCn1nc(C)cc1C(=O)Nc1nc2cc(C(N)=O)cc(OC)c2n1C/C=C/CNc1c(N)cc(C(N)=O)cc1OC/C=C/[C@@H]1CCCN1C(=O)OC(C)(C)C. The van der Waals surface area contributed by atoms with Crippen molar-refractivity contribution in [1.82, 2.24) is 24.2 Å². The molecule has 298 valence electrons. The van der Waals surface area contributed by atoms with E-state index in [0.717, 1.165) is 12.8 Å². The van der Waals surface area contributed by atoms with E-state index in [-0.39, 0.29) is 54.6 Å². The van der Waals surface area contributed by atoms with Crippen LogP contribution in [0, 0.1) is 6.92 Å². The van der Waals surface area contributed by atoms with E-state index in [4.69, 9.17) is 31.4 Å². The van der Waals surface area contributed by atoms with Crippen LogP contribution in [0.15, 0.2) is 54.6 Å². The normalized spacial score (nSPS) is 14.5. The molecule has 1 atom stereocenters. The smallest absolute Gasteiger partial charge is 0.410 e. The Labute approximate surface area is 324 Å². The molecule has 17 nitrogen and oxygen atoms in total. The first-order chi connectivity index (χ1) is 26.6. The maximum absolute atomic E-state index is 13.4. The van der Waals surface area contributed by atoms with Gasteiger partial charge in [0.05, 0.1) is 30.0 Å². The van der Waals surface area contributed by atoms with Crippen LogP contribution < -0.4 is 37.3 Å². The van der Waals surface area contributed by atoms with Crippen LogP contribution in [0.25, 0.3) is 11.0 Å². The van der Waals surface area contributed by atoms with Crippen LogP contribution in [0.3, 0.4) is 0 Å². The zero-order valence-electron chi connectivity index (χ0n) is 32.5. The first-order valence-corrected chi connectivity index (χ1v) is 18.2. The number of imidazole rings is 1. The summed E-state index contributed by atoms with van der Waals surface area (Å²) in [4.78, 5) is 56.6. The summed E-state index contributed by atoms with van der Waals surface area (Å²) in [7, 11) is 1.47. The van der Waals surface area contributed by atoms with Gasteiger partial charge in [-0.3, -0.25) is 24.4 Å². The third-order valence-electron chi connectivity index (χ3n) is 8.86. The molecule has 1 aliphatic heterocycles. The van der Waals surface area contributed by atoms with Crippen LogP contribution in [0.5, 0.6) is 11.5 Å². The van der Waals surface area contributed by atoms with E-state index >= 15 is 0 Å². The molecule has 17 heteroatoms. The van der Waals surface area contributed by atoms with E-state index in [1.807, 2.05) is 52.0 Å². The number of nitrogens with one attached hydrogen (secondary N) is 2. The van der Waals surface area contributed by atoms with Crippen molar-refractivity contribution in [3.05, 3.63) is 77.2 Å². The Balaban J connectivity index is 1.33. The fourth-order valence-corrected chi connectivity index (χ4v) is 6.33. The monoisotopic (exact) mass is 770 g/mol. The zero-order valence-corrected chi connectivity index (χ0v) is 32.5. The Kier molecular flexibility index (Phi) is 12.6. The predicted molar refractivity (Wildman–Crippen MR) is 213 cm³/mol. The quantitative estimate of drug-likeness (QED) is 0.0827. The number of aryl methyl sites for hydroxylation is 2. The van der Waals surface area contributed by atoms with Crippen LogP contribution in [0.1, 0.15) is 77.4 Å². The van der Waals surface area contributed by atoms with Gasteiger partial charge in [0.1, 0.15) is 40.6 Å². The van der Waals surface area contributed by atoms with Gasteiger partial charge in [-0.15, -0.1) is 0 Å². The van der Waals surface area contributed by atoms with Gasteiger partial charge < -0.3 is 46.2 Å². The highest BCUT2D eigenvalue weighted by Crippen LogP contribution is 2.34. The maximum atomic E-state index is 13.4. The minimum atomic E-state index is -0.661. The lowest BCUT2D eigenvalue weighted by atomic mass is 10.1. The first-order valence-electron chi connectivity index (χ1n) is 18.2. The molecule has 56 heavy (non-hydrogen) atoms. The van der Waals surface area contributed by atoms with Gasteiger partial charge in [-0.25, -0.2) is 9.78 Å². The summed E-state index contributed by atoms with van der Waals surface area (Å²) >= 11 is 0. The van der Waals surface area contributed by atoms with Crippen LogP contribution in [-0.2, 0) is 17.8 Å². The van der Waals surface area contributed by atoms with Crippen LogP contribution in [-0.4, -0.2) is 86.5 Å². The number of primary amides is 2. The van der Waals surface area contributed by atoms with Gasteiger partial charge >= 0.3 is 6.09 Å². The van der Waals surface area contributed by atoms with E-state index < -0.39 is 23.3 Å². The second-order valence-corrected chi connectivity index (χ2v) is 14.2. The van der Waals surface area contributed by atoms with Gasteiger partial charge in [0.25, 0.3) is 5.91 Å². The van der Waals surface area contributed by atoms with Crippen molar-refractivity contribution in [1.29, 1.82) is 0 Å². The summed E-state index contributed by atoms with van der Waals surface area (Å²) in [6.07, 6.45) is 8.71. The molecule has 8 N–H and O–H groups in total. The maximum Gasteiger partial charge on any atom is 0.410 e. The van der Waals surface area contributed by atoms with Crippen LogP contribution in [0.2, 0.25) is 0 Å². The van der Waals surface area contributed by atoms with E-state index in [1.54, 1.807) is 27.1 Å². The number of ether oxygens (including phenoxy) is 3. The molecule has 0 unspecified atom stereocenters. The molecule has 5 rings (SSSR count). The van der Waals surface area contributed by atoms with Crippen molar-refractivity contribution < 1.29 is 33.4 Å². The van der Waals surface area contributed by atoms with Crippen LogP contribution >= 0.6 is 0 Å². The Morgan fingerprint density at radius 3 is 2.39 bits per heavy atom. The van der Waals surface area contributed by atoms with Crippen molar-refractivity contribution in [2.45, 2.75) is 72.2 Å². The molecule has 1 fully saturated rings. The number of anilines is 3. The fourth-order valence-electron chi connectivity index (χ4n) is 6.33. The first kappa shape index (κ1) is 40.7. The number of nitrogen functional groups attached to an aromatic ring is 1. The number of benzene rings is 2. The van der Waals surface area contributed by atoms with Crippen molar-refractivity contribution in [3.63, 3.8) is 0 Å². The Morgan fingerprint density at radius 2 is 1.71 bits per heavy atom. The highest BCUT2D eigenvalue weighted by atomic mass is 16.6. The van der Waals surface area contributed by atoms with E-state index in [9.17, 15) is 19.2 Å². The third-order valence-corrected chi connectivity index (χ3v) is 8.86. The van der Waals surface area contributed by atoms with Gasteiger partial charge in [-0.05, 0) is 83.9 Å². The lowest BCUT2D eigenvalue weighted by Crippen LogP contribution is -2.39. The Morgan fingerprint density at radius 1 is 1.00 bits per heavy atom. The molecular weight excluding hydrogens is 720 g/mol. The molecule has 0 bridgehead atoms. The standard InChI is InChI=1S/C39H50N10O7/c1-7-49-29(18-23(2)46-49)36(52)45-37-44-28-20-25(35(42)51)22-31(54-6)33(28)48(37)15-9-8-14-43-32-27(40)19-24(34(41)50)21-30(32)55-17-11-13-26-12-10-16-47(26)38(53)56-39(3,4)5/h8-9,11,13,18-22,26,43H,7,10,12,14-17,40H2,1-6H3,(H2,41,50)(H2,42,51)(H,44,45,52)/b9-8+,13-11+/t26-/m0/s1. The average Bonchev–Trinajstić information content (AvgIpc) is 3.86. The van der Waals surface area contributed by atoms with Crippen molar-refractivity contribution >= 4 is 52.2 Å². The average molecular weight is 771 g/mol. The van der Waals surface area contributed by atoms with Crippen molar-refractivity contribution in [2.75, 3.05) is 43.2 Å². The summed E-state index contributed by atoms with van der Waals surface area (Å²) in [5.41, 5.74) is 20.0. The number of aromatic nitrogens is 4. The molecule has 4 amide bonds. The van der Waals surface area contributed by atoms with Gasteiger partial charge in [0, 0.05) is 37.3 Å². The lowest BCUT2D eigenvalue weighted by molar-refractivity contribution is 0.0255. The van der Waals surface area contributed by atoms with Crippen molar-refractivity contribution in [2.24, 2.45) is 11.5 Å². The minimum Gasteiger partial charge on any atom is -0.494 e. The zero-order chi connectivity index (χ0) is 40.7. The summed E-state index contributed by atoms with van der Waals surface area (Å²) < 4.78 is 20.6. The Hall–Kier alpha value is -6.52. The van der Waals surface area contributed by atoms with Crippen LogP contribution in [0.4, 0.5) is 22.1 Å². The van der Waals surface area contributed by atoms with Gasteiger partial charge in [0.2, 0.25) is 17.8 Å². The van der Waals surface area contributed by atoms with E-state index in [0.29, 0.717) is 52.7 Å². The number of nitrogens with zero attached hydrogens (tertiary/aromatic N) is 5. The molecule has 0 radical (unpaired) electrons. The largest absolute Gasteiger partial charge is 0.494 e. The van der Waals surface area contributed by atoms with Gasteiger partial charge in [0.15, 0.2) is 0 Å². The number of fused-ring (bicyclic) bond motifs is 1. The molecule has 2 aromatic heterocycles. The van der Waals surface area contributed by atoms with Crippen molar-refractivity contribution in [3.8, 4) is 11.5 Å². The summed E-state index contributed by atoms with van der Waals surface area (Å²) in [5, 5.41) is 10.5. The number of likely N-dealkylation sites (tertiary alicyclic amines) is 1. The predicted octanol–water partition coefficient (Wildman–Crippen LogP) is 4.60. The number of hydrogen-bond acceptors (Lipinski definition) is 11. The van der Waals surface area contributed by atoms with Gasteiger partial charge in [-0.1, -0.05) is 18.2 Å². The number of methoxy groups -OCH3 is 1. The molecule has 2 aromatic carbocycles. The summed E-state index contributed by atoms with van der Waals surface area (Å²) in [6.45, 7) is 10.9. The summed E-state index contributed by atoms with van der Waals surface area (Å²) in [6, 6.07) is 7.61.